The topological polar surface area (TPSA) is 102 Å². The fraction of sp³-hybridized carbons (Fsp3) is 0.815. The zero-order valence-electron chi connectivity index (χ0n) is 21.6. The molecule has 0 spiro atoms. The van der Waals surface area contributed by atoms with Crippen molar-refractivity contribution in [3.8, 4) is 0 Å². The van der Waals surface area contributed by atoms with E-state index in [1.807, 2.05) is 0 Å². The Hall–Kier alpha value is -1.93. The Bertz CT molecular complexity index is 784. The number of nitrogens with one attached hydrogen (secondary N) is 3. The largest absolute Gasteiger partial charge is 0.393 e. The second-order valence-electron chi connectivity index (χ2n) is 10.9. The van der Waals surface area contributed by atoms with Crippen LogP contribution in [-0.2, 0) is 0 Å². The van der Waals surface area contributed by atoms with Crippen LogP contribution >= 0.6 is 0 Å². The van der Waals surface area contributed by atoms with Crippen molar-refractivity contribution in [2.24, 2.45) is 5.92 Å². The predicted molar refractivity (Wildman–Crippen MR) is 141 cm³/mol. The lowest BCUT2D eigenvalue weighted by molar-refractivity contribution is 0.0901. The average Bonchev–Trinajstić information content (AvgIpc) is 2.87. The Balaban J connectivity index is 1.33. The lowest BCUT2D eigenvalue weighted by Gasteiger charge is -2.35. The SMILES string of the molecule is CCCCNc1ncc(C(=O)NC2CCN(CC3CCCCC3)CC2)c(NC2CCC(O)CC2)n1. The Morgan fingerprint density at radius 1 is 1.03 bits per heavy atom. The van der Waals surface area contributed by atoms with Crippen molar-refractivity contribution >= 4 is 17.7 Å². The summed E-state index contributed by atoms with van der Waals surface area (Å²) in [6.07, 6.45) is 15.9. The summed E-state index contributed by atoms with van der Waals surface area (Å²) in [7, 11) is 0. The van der Waals surface area contributed by atoms with Gasteiger partial charge in [-0.1, -0.05) is 32.6 Å². The molecule has 1 saturated heterocycles. The molecule has 8 nitrogen and oxygen atoms in total. The molecule has 0 bridgehead atoms. The van der Waals surface area contributed by atoms with Gasteiger partial charge in [-0.15, -0.1) is 0 Å². The summed E-state index contributed by atoms with van der Waals surface area (Å²) in [5.74, 6) is 1.94. The first-order chi connectivity index (χ1) is 17.1. The highest BCUT2D eigenvalue weighted by Crippen LogP contribution is 2.26. The first-order valence-electron chi connectivity index (χ1n) is 14.2. The molecule has 1 aliphatic heterocycles. The minimum Gasteiger partial charge on any atom is -0.393 e. The number of aliphatic hydroxyl groups excluding tert-OH is 1. The quantitative estimate of drug-likeness (QED) is 0.368. The molecule has 0 aromatic carbocycles. The second-order valence-corrected chi connectivity index (χ2v) is 10.9. The molecular weight excluding hydrogens is 440 g/mol. The molecule has 1 aromatic heterocycles. The second kappa shape index (κ2) is 13.4. The number of amides is 1. The van der Waals surface area contributed by atoms with Gasteiger partial charge >= 0.3 is 0 Å². The Morgan fingerprint density at radius 3 is 2.49 bits per heavy atom. The fourth-order valence-corrected chi connectivity index (χ4v) is 5.79. The van der Waals surface area contributed by atoms with E-state index in [0.29, 0.717) is 17.3 Å². The number of aromatic nitrogens is 2. The highest BCUT2D eigenvalue weighted by molar-refractivity contribution is 5.98. The maximum Gasteiger partial charge on any atom is 0.256 e. The molecule has 3 aliphatic rings. The predicted octanol–water partition coefficient (Wildman–Crippen LogP) is 4.18. The molecule has 0 atom stereocenters. The number of hydrogen-bond acceptors (Lipinski definition) is 7. The van der Waals surface area contributed by atoms with Gasteiger partial charge in [0.05, 0.1) is 6.10 Å². The van der Waals surface area contributed by atoms with E-state index in [9.17, 15) is 9.90 Å². The number of nitrogens with zero attached hydrogens (tertiary/aromatic N) is 3. The zero-order chi connectivity index (χ0) is 24.5. The van der Waals surface area contributed by atoms with Crippen molar-refractivity contribution < 1.29 is 9.90 Å². The van der Waals surface area contributed by atoms with E-state index in [1.54, 1.807) is 6.20 Å². The number of carbonyl (C=O) groups excluding carboxylic acids is 1. The van der Waals surface area contributed by atoms with E-state index in [2.05, 4.69) is 37.7 Å². The number of piperidine rings is 1. The summed E-state index contributed by atoms with van der Waals surface area (Å²) < 4.78 is 0. The molecule has 196 valence electrons. The van der Waals surface area contributed by atoms with Gasteiger partial charge in [-0.05, 0) is 63.7 Å². The number of aliphatic hydroxyl groups is 1. The maximum atomic E-state index is 13.3. The fourth-order valence-electron chi connectivity index (χ4n) is 5.79. The summed E-state index contributed by atoms with van der Waals surface area (Å²) in [6.45, 7) is 6.32. The number of anilines is 2. The first kappa shape index (κ1) is 26.1. The van der Waals surface area contributed by atoms with Crippen LogP contribution in [0.4, 0.5) is 11.8 Å². The summed E-state index contributed by atoms with van der Waals surface area (Å²) in [6, 6.07) is 0.413. The molecule has 4 rings (SSSR count). The summed E-state index contributed by atoms with van der Waals surface area (Å²) in [4.78, 5) is 25.0. The van der Waals surface area contributed by atoms with Crippen molar-refractivity contribution in [3.05, 3.63) is 11.8 Å². The van der Waals surface area contributed by atoms with Gasteiger partial charge in [0.2, 0.25) is 5.95 Å². The minimum absolute atomic E-state index is 0.0887. The summed E-state index contributed by atoms with van der Waals surface area (Å²) >= 11 is 0. The van der Waals surface area contributed by atoms with Crippen LogP contribution in [0.1, 0.15) is 101 Å². The smallest absolute Gasteiger partial charge is 0.256 e. The van der Waals surface area contributed by atoms with Crippen LogP contribution in [0.25, 0.3) is 0 Å². The van der Waals surface area contributed by atoms with Gasteiger partial charge in [-0.2, -0.15) is 4.98 Å². The molecule has 35 heavy (non-hydrogen) atoms. The van der Waals surface area contributed by atoms with E-state index in [-0.39, 0.29) is 24.1 Å². The third-order valence-electron chi connectivity index (χ3n) is 8.05. The Morgan fingerprint density at radius 2 is 1.77 bits per heavy atom. The van der Waals surface area contributed by atoms with Gasteiger partial charge in [0.25, 0.3) is 5.91 Å². The van der Waals surface area contributed by atoms with Crippen molar-refractivity contribution in [1.82, 2.24) is 20.2 Å². The zero-order valence-corrected chi connectivity index (χ0v) is 21.6. The normalized spacial score (nSPS) is 24.7. The van der Waals surface area contributed by atoms with E-state index in [4.69, 9.17) is 0 Å². The molecular formula is C27H46N6O2. The number of unbranched alkanes of at least 4 members (excludes halogenated alkanes) is 1. The number of carbonyl (C=O) groups is 1. The van der Waals surface area contributed by atoms with Crippen LogP contribution in [0.3, 0.4) is 0 Å². The number of likely N-dealkylation sites (tertiary alicyclic amines) is 1. The maximum absolute atomic E-state index is 13.3. The lowest BCUT2D eigenvalue weighted by Crippen LogP contribution is -2.46. The standard InChI is InChI=1S/C27H46N6O2/c1-2-3-15-28-27-29-18-24(25(32-27)30-21-9-11-23(34)12-10-21)26(35)31-22-13-16-33(17-14-22)19-20-7-5-4-6-8-20/h18,20-23,34H,2-17,19H2,1H3,(H,31,35)(H2,28,29,30,32). The first-order valence-corrected chi connectivity index (χ1v) is 14.2. The van der Waals surface area contributed by atoms with Gasteiger partial charge in [0.1, 0.15) is 11.4 Å². The minimum atomic E-state index is -0.212. The average molecular weight is 487 g/mol. The molecule has 2 saturated carbocycles. The van der Waals surface area contributed by atoms with Crippen LogP contribution in [0.2, 0.25) is 0 Å². The van der Waals surface area contributed by atoms with Gasteiger partial charge in [0.15, 0.2) is 0 Å². The van der Waals surface area contributed by atoms with Crippen molar-refractivity contribution in [2.75, 3.05) is 36.8 Å². The van der Waals surface area contributed by atoms with Gasteiger partial charge in [0, 0.05) is 44.5 Å². The molecule has 8 heteroatoms. The summed E-state index contributed by atoms with van der Waals surface area (Å²) in [5.41, 5.74) is 0.516. The molecule has 0 unspecified atom stereocenters. The molecule has 3 fully saturated rings. The van der Waals surface area contributed by atoms with Crippen LogP contribution in [-0.4, -0.2) is 70.2 Å². The van der Waals surface area contributed by atoms with E-state index < -0.39 is 0 Å². The number of hydrogen-bond donors (Lipinski definition) is 4. The Kier molecular flexibility index (Phi) is 10.0. The molecule has 1 amide bonds. The van der Waals surface area contributed by atoms with Crippen LogP contribution < -0.4 is 16.0 Å². The van der Waals surface area contributed by atoms with Crippen molar-refractivity contribution in [2.45, 2.75) is 109 Å². The molecule has 2 aliphatic carbocycles. The van der Waals surface area contributed by atoms with E-state index in [1.165, 1.54) is 38.6 Å². The van der Waals surface area contributed by atoms with Crippen LogP contribution in [0.5, 0.6) is 0 Å². The third-order valence-corrected chi connectivity index (χ3v) is 8.05. The van der Waals surface area contributed by atoms with Crippen LogP contribution in [0.15, 0.2) is 6.20 Å². The molecule has 4 N–H and O–H groups in total. The van der Waals surface area contributed by atoms with Gasteiger partial charge in [-0.25, -0.2) is 4.98 Å². The van der Waals surface area contributed by atoms with Gasteiger partial charge in [-0.3, -0.25) is 4.79 Å². The van der Waals surface area contributed by atoms with Crippen LogP contribution in [0, 0.1) is 5.92 Å². The molecule has 1 aromatic rings. The van der Waals surface area contributed by atoms with Crippen molar-refractivity contribution in [3.63, 3.8) is 0 Å². The third kappa shape index (κ3) is 8.04. The highest BCUT2D eigenvalue weighted by atomic mass is 16.3. The molecule has 2 heterocycles. The number of rotatable bonds is 10. The van der Waals surface area contributed by atoms with E-state index >= 15 is 0 Å². The van der Waals surface area contributed by atoms with Gasteiger partial charge < -0.3 is 26.0 Å². The monoisotopic (exact) mass is 486 g/mol. The van der Waals surface area contributed by atoms with Crippen molar-refractivity contribution in [1.29, 1.82) is 0 Å². The molecule has 0 radical (unpaired) electrons. The highest BCUT2D eigenvalue weighted by Gasteiger charge is 2.26. The lowest BCUT2D eigenvalue weighted by atomic mass is 9.88. The Labute approximate surface area is 211 Å². The van der Waals surface area contributed by atoms with E-state index in [0.717, 1.165) is 76.9 Å². The summed E-state index contributed by atoms with van der Waals surface area (Å²) in [5, 5.41) is 19.9.